The highest BCUT2D eigenvalue weighted by atomic mass is 32.2. The first-order chi connectivity index (χ1) is 9.85. The second-order valence-electron chi connectivity index (χ2n) is 4.22. The molecule has 0 saturated heterocycles. The van der Waals surface area contributed by atoms with E-state index in [1.165, 1.54) is 24.3 Å². The lowest BCUT2D eigenvalue weighted by Gasteiger charge is -2.11. The highest BCUT2D eigenvalue weighted by Gasteiger charge is 2.10. The fourth-order valence-electron chi connectivity index (χ4n) is 1.60. The van der Waals surface area contributed by atoms with Gasteiger partial charge in [-0.2, -0.15) is 0 Å². The summed E-state index contributed by atoms with van der Waals surface area (Å²) < 4.78 is 30.4. The fourth-order valence-corrected chi connectivity index (χ4v) is 2.17. The van der Waals surface area contributed by atoms with Crippen LogP contribution in [0.3, 0.4) is 0 Å². The highest BCUT2D eigenvalue weighted by Crippen LogP contribution is 2.30. The molecule has 21 heavy (non-hydrogen) atoms. The van der Waals surface area contributed by atoms with Crippen LogP contribution in [-0.4, -0.2) is 19.6 Å². The molecular weight excluding hydrogens is 296 g/mol. The number of nitrogens with zero attached hydrogens (tertiary/aromatic N) is 1. The van der Waals surface area contributed by atoms with E-state index in [0.717, 1.165) is 6.26 Å². The standard InChI is InChI=1S/C13H12N2O5S/c1-21(18,19)14-12-4-2-3-5-13(12)20-11-8-6-10(7-9-11)15(16)17/h2-9,14H,1H3. The summed E-state index contributed by atoms with van der Waals surface area (Å²) in [4.78, 5) is 10.1. The topological polar surface area (TPSA) is 98.5 Å². The molecule has 0 spiro atoms. The molecule has 0 aliphatic heterocycles. The fraction of sp³-hybridized carbons (Fsp3) is 0.0769. The van der Waals surface area contributed by atoms with Crippen molar-refractivity contribution in [2.45, 2.75) is 0 Å². The van der Waals surface area contributed by atoms with Crippen molar-refractivity contribution in [3.8, 4) is 11.5 Å². The molecule has 110 valence electrons. The summed E-state index contributed by atoms with van der Waals surface area (Å²) >= 11 is 0. The summed E-state index contributed by atoms with van der Waals surface area (Å²) in [5.41, 5.74) is 0.239. The Morgan fingerprint density at radius 1 is 1.10 bits per heavy atom. The number of nitrogens with one attached hydrogen (secondary N) is 1. The normalized spacial score (nSPS) is 10.9. The van der Waals surface area contributed by atoms with Crippen LogP contribution in [0.5, 0.6) is 11.5 Å². The number of ether oxygens (including phenoxy) is 1. The van der Waals surface area contributed by atoms with Crippen molar-refractivity contribution < 1.29 is 18.1 Å². The molecule has 0 unspecified atom stereocenters. The first-order valence-electron chi connectivity index (χ1n) is 5.84. The molecule has 0 aliphatic rings. The minimum atomic E-state index is -3.43. The molecule has 0 amide bonds. The zero-order chi connectivity index (χ0) is 15.5. The van der Waals surface area contributed by atoms with E-state index in [9.17, 15) is 18.5 Å². The molecule has 0 bridgehead atoms. The monoisotopic (exact) mass is 308 g/mol. The lowest BCUT2D eigenvalue weighted by Crippen LogP contribution is -2.10. The van der Waals surface area contributed by atoms with Crippen molar-refractivity contribution in [3.63, 3.8) is 0 Å². The Bertz CT molecular complexity index is 756. The average Bonchev–Trinajstić information content (AvgIpc) is 2.40. The number of hydrogen-bond acceptors (Lipinski definition) is 5. The smallest absolute Gasteiger partial charge is 0.269 e. The number of nitro groups is 1. The van der Waals surface area contributed by atoms with E-state index in [4.69, 9.17) is 4.74 Å². The Kier molecular flexibility index (Phi) is 4.08. The van der Waals surface area contributed by atoms with Crippen LogP contribution in [0, 0.1) is 10.1 Å². The van der Waals surface area contributed by atoms with Gasteiger partial charge in [0.15, 0.2) is 5.75 Å². The SMILES string of the molecule is CS(=O)(=O)Nc1ccccc1Oc1ccc([N+](=O)[O-])cc1. The number of rotatable bonds is 5. The quantitative estimate of drug-likeness (QED) is 0.676. The minimum Gasteiger partial charge on any atom is -0.455 e. The van der Waals surface area contributed by atoms with E-state index in [-0.39, 0.29) is 5.69 Å². The Labute approximate surface area is 121 Å². The number of nitro benzene ring substituents is 1. The molecule has 0 atom stereocenters. The van der Waals surface area contributed by atoms with Crippen LogP contribution in [0.25, 0.3) is 0 Å². The second kappa shape index (κ2) is 5.80. The van der Waals surface area contributed by atoms with Crippen LogP contribution in [0.15, 0.2) is 48.5 Å². The summed E-state index contributed by atoms with van der Waals surface area (Å²) in [7, 11) is -3.43. The highest BCUT2D eigenvalue weighted by molar-refractivity contribution is 7.92. The van der Waals surface area contributed by atoms with Crippen LogP contribution in [0.1, 0.15) is 0 Å². The first-order valence-corrected chi connectivity index (χ1v) is 7.73. The molecule has 0 aliphatic carbocycles. The van der Waals surface area contributed by atoms with E-state index >= 15 is 0 Å². The first kappa shape index (κ1) is 14.8. The van der Waals surface area contributed by atoms with Gasteiger partial charge in [-0.15, -0.1) is 0 Å². The lowest BCUT2D eigenvalue weighted by molar-refractivity contribution is -0.384. The average molecular weight is 308 g/mol. The summed E-state index contributed by atoms with van der Waals surface area (Å²) in [5.74, 6) is 0.667. The molecular formula is C13H12N2O5S. The summed E-state index contributed by atoms with van der Waals surface area (Å²) in [6.07, 6.45) is 1.04. The van der Waals surface area contributed by atoms with Crippen LogP contribution in [-0.2, 0) is 10.0 Å². The van der Waals surface area contributed by atoms with E-state index in [0.29, 0.717) is 17.2 Å². The number of sulfonamides is 1. The van der Waals surface area contributed by atoms with Gasteiger partial charge in [-0.25, -0.2) is 8.42 Å². The maximum Gasteiger partial charge on any atom is 0.269 e. The molecule has 0 saturated carbocycles. The van der Waals surface area contributed by atoms with Crippen molar-refractivity contribution in [2.75, 3.05) is 11.0 Å². The predicted molar refractivity (Wildman–Crippen MR) is 78.1 cm³/mol. The maximum absolute atomic E-state index is 11.3. The maximum atomic E-state index is 11.3. The van der Waals surface area contributed by atoms with Gasteiger partial charge in [-0.3, -0.25) is 14.8 Å². The van der Waals surface area contributed by atoms with Crippen LogP contribution >= 0.6 is 0 Å². The molecule has 1 N–H and O–H groups in total. The van der Waals surface area contributed by atoms with E-state index < -0.39 is 14.9 Å². The van der Waals surface area contributed by atoms with Crippen LogP contribution in [0.4, 0.5) is 11.4 Å². The van der Waals surface area contributed by atoms with Gasteiger partial charge in [0.25, 0.3) is 5.69 Å². The third-order valence-electron chi connectivity index (χ3n) is 2.46. The van der Waals surface area contributed by atoms with Gasteiger partial charge in [0.1, 0.15) is 5.75 Å². The van der Waals surface area contributed by atoms with Crippen molar-refractivity contribution in [1.29, 1.82) is 0 Å². The molecule has 0 radical (unpaired) electrons. The van der Waals surface area contributed by atoms with Crippen LogP contribution < -0.4 is 9.46 Å². The Morgan fingerprint density at radius 3 is 2.29 bits per heavy atom. The Hall–Kier alpha value is -2.61. The molecule has 0 fully saturated rings. The van der Waals surface area contributed by atoms with Gasteiger partial charge in [0.05, 0.1) is 16.9 Å². The van der Waals surface area contributed by atoms with Gasteiger partial charge in [0.2, 0.25) is 10.0 Å². The molecule has 2 rings (SSSR count). The second-order valence-corrected chi connectivity index (χ2v) is 5.97. The molecule has 7 nitrogen and oxygen atoms in total. The number of benzene rings is 2. The summed E-state index contributed by atoms with van der Waals surface area (Å²) in [6, 6.07) is 12.0. The third kappa shape index (κ3) is 4.18. The largest absolute Gasteiger partial charge is 0.455 e. The number of hydrogen-bond donors (Lipinski definition) is 1. The number of anilines is 1. The molecule has 2 aromatic rings. The molecule has 8 heteroatoms. The number of para-hydroxylation sites is 2. The van der Waals surface area contributed by atoms with Crippen molar-refractivity contribution >= 4 is 21.4 Å². The van der Waals surface area contributed by atoms with Crippen molar-refractivity contribution in [3.05, 3.63) is 58.6 Å². The Balaban J connectivity index is 2.25. The zero-order valence-corrected chi connectivity index (χ0v) is 11.8. The predicted octanol–water partition coefficient (Wildman–Crippen LogP) is 2.76. The van der Waals surface area contributed by atoms with E-state index in [1.807, 2.05) is 0 Å². The van der Waals surface area contributed by atoms with Gasteiger partial charge in [-0.05, 0) is 24.3 Å². The van der Waals surface area contributed by atoms with Gasteiger partial charge < -0.3 is 4.74 Å². The van der Waals surface area contributed by atoms with Gasteiger partial charge in [0, 0.05) is 12.1 Å². The summed E-state index contributed by atoms with van der Waals surface area (Å²) in [6.45, 7) is 0. The minimum absolute atomic E-state index is 0.0510. The van der Waals surface area contributed by atoms with Crippen molar-refractivity contribution in [2.24, 2.45) is 0 Å². The number of non-ortho nitro benzene ring substituents is 1. The molecule has 0 aromatic heterocycles. The van der Waals surface area contributed by atoms with Gasteiger partial charge in [-0.1, -0.05) is 12.1 Å². The van der Waals surface area contributed by atoms with Gasteiger partial charge >= 0.3 is 0 Å². The third-order valence-corrected chi connectivity index (χ3v) is 3.05. The van der Waals surface area contributed by atoms with E-state index in [2.05, 4.69) is 4.72 Å². The summed E-state index contributed by atoms with van der Waals surface area (Å²) in [5, 5.41) is 10.6. The zero-order valence-electron chi connectivity index (χ0n) is 11.0. The molecule has 0 heterocycles. The van der Waals surface area contributed by atoms with Crippen LogP contribution in [0.2, 0.25) is 0 Å². The Morgan fingerprint density at radius 2 is 1.71 bits per heavy atom. The van der Waals surface area contributed by atoms with E-state index in [1.54, 1.807) is 24.3 Å². The molecule has 2 aromatic carbocycles. The lowest BCUT2D eigenvalue weighted by atomic mass is 10.3. The van der Waals surface area contributed by atoms with Crippen molar-refractivity contribution in [1.82, 2.24) is 0 Å².